The Hall–Kier alpha value is -0.520. The van der Waals surface area contributed by atoms with Crippen LogP contribution in [0.1, 0.15) is 5.69 Å². The molecule has 0 aliphatic carbocycles. The lowest BCUT2D eigenvalue weighted by Crippen LogP contribution is -2.17. The molecule has 1 rings (SSSR count). The molecule has 13 heavy (non-hydrogen) atoms. The van der Waals surface area contributed by atoms with E-state index in [2.05, 4.69) is 5.32 Å². The number of hydrogen-bond donors (Lipinski definition) is 1. The summed E-state index contributed by atoms with van der Waals surface area (Å²) < 4.78 is 23.6. The van der Waals surface area contributed by atoms with Crippen molar-refractivity contribution in [1.82, 2.24) is 9.29 Å². The molecule has 0 fully saturated rings. The molecule has 0 saturated heterocycles. The lowest BCUT2D eigenvalue weighted by molar-refractivity contribution is 0.590. The first-order valence-corrected chi connectivity index (χ1v) is 5.90. The first-order valence-electron chi connectivity index (χ1n) is 3.68. The summed E-state index contributed by atoms with van der Waals surface area (Å²) in [4.78, 5) is 0. The van der Waals surface area contributed by atoms with E-state index in [1.807, 2.05) is 0 Å². The molecular weight excluding hydrogens is 212 g/mol. The normalized spacial score (nSPS) is 11.9. The largest absolute Gasteiger partial charge is 0.314 e. The Morgan fingerprint density at radius 3 is 2.62 bits per heavy atom. The Labute approximate surface area is 82.6 Å². The van der Waals surface area contributed by atoms with E-state index in [4.69, 9.17) is 11.6 Å². The number of nitrogens with one attached hydrogen (secondary N) is 1. The van der Waals surface area contributed by atoms with Crippen molar-refractivity contribution >= 4 is 21.6 Å². The second-order valence-electron chi connectivity index (χ2n) is 2.71. The summed E-state index contributed by atoms with van der Waals surface area (Å²) in [7, 11) is -1.55. The third kappa shape index (κ3) is 2.24. The zero-order valence-electron chi connectivity index (χ0n) is 7.41. The molecule has 0 bridgehead atoms. The van der Waals surface area contributed by atoms with Gasteiger partial charge in [0.05, 0.1) is 6.26 Å². The molecule has 6 heteroatoms. The van der Waals surface area contributed by atoms with Gasteiger partial charge in [0.25, 0.3) is 0 Å². The number of nitrogens with zero attached hydrogens (tertiary/aromatic N) is 1. The van der Waals surface area contributed by atoms with E-state index in [-0.39, 0.29) is 5.15 Å². The SMILES string of the molecule is CNCc1ccc(Cl)n1S(C)(=O)=O. The second kappa shape index (κ2) is 3.69. The van der Waals surface area contributed by atoms with Crippen molar-refractivity contribution in [2.45, 2.75) is 6.54 Å². The predicted octanol–water partition coefficient (Wildman–Crippen LogP) is 0.669. The second-order valence-corrected chi connectivity index (χ2v) is 4.92. The van der Waals surface area contributed by atoms with Crippen molar-refractivity contribution in [1.29, 1.82) is 0 Å². The molecule has 0 radical (unpaired) electrons. The summed E-state index contributed by atoms with van der Waals surface area (Å²) in [6.07, 6.45) is 1.12. The summed E-state index contributed by atoms with van der Waals surface area (Å²) in [6.45, 7) is 0.472. The standard InChI is InChI=1S/C7H11ClN2O2S/c1-9-5-6-3-4-7(8)10(6)13(2,11)12/h3-4,9H,5H2,1-2H3. The maximum Gasteiger partial charge on any atom is 0.237 e. The quantitative estimate of drug-likeness (QED) is 0.818. The van der Waals surface area contributed by atoms with Gasteiger partial charge in [-0.1, -0.05) is 11.6 Å². The van der Waals surface area contributed by atoms with Crippen LogP contribution in [-0.2, 0) is 16.6 Å². The Morgan fingerprint density at radius 1 is 1.54 bits per heavy atom. The minimum absolute atomic E-state index is 0.216. The molecule has 74 valence electrons. The number of rotatable bonds is 3. The van der Waals surface area contributed by atoms with E-state index >= 15 is 0 Å². The van der Waals surface area contributed by atoms with Gasteiger partial charge >= 0.3 is 0 Å². The molecule has 0 aliphatic heterocycles. The van der Waals surface area contributed by atoms with Gasteiger partial charge in [-0.2, -0.15) is 0 Å². The van der Waals surface area contributed by atoms with Gasteiger partial charge < -0.3 is 5.32 Å². The van der Waals surface area contributed by atoms with Crippen molar-refractivity contribution in [3.05, 3.63) is 23.0 Å². The van der Waals surface area contributed by atoms with Crippen LogP contribution in [0.15, 0.2) is 12.1 Å². The fraction of sp³-hybridized carbons (Fsp3) is 0.429. The molecule has 0 spiro atoms. The molecule has 1 aromatic heterocycles. The first-order chi connectivity index (χ1) is 5.96. The average molecular weight is 223 g/mol. The molecule has 4 nitrogen and oxygen atoms in total. The number of aromatic nitrogens is 1. The van der Waals surface area contributed by atoms with Crippen molar-refractivity contribution in [3.8, 4) is 0 Å². The highest BCUT2D eigenvalue weighted by Gasteiger charge is 2.13. The van der Waals surface area contributed by atoms with Crippen LogP contribution in [0.3, 0.4) is 0 Å². The Balaban J connectivity index is 3.25. The smallest absolute Gasteiger partial charge is 0.237 e. The lowest BCUT2D eigenvalue weighted by atomic mass is 10.4. The number of halogens is 1. The van der Waals surface area contributed by atoms with Gasteiger partial charge in [0.15, 0.2) is 0 Å². The maximum absolute atomic E-state index is 11.3. The summed E-state index contributed by atoms with van der Waals surface area (Å²) in [6, 6.07) is 3.25. The summed E-state index contributed by atoms with van der Waals surface area (Å²) in [5.41, 5.74) is 0.634. The topological polar surface area (TPSA) is 51.1 Å². The lowest BCUT2D eigenvalue weighted by Gasteiger charge is -2.06. The fourth-order valence-corrected chi connectivity index (χ4v) is 2.60. The third-order valence-corrected chi connectivity index (χ3v) is 3.05. The van der Waals surface area contributed by atoms with E-state index < -0.39 is 10.0 Å². The number of hydrogen-bond acceptors (Lipinski definition) is 3. The van der Waals surface area contributed by atoms with E-state index in [0.717, 1.165) is 10.2 Å². The van der Waals surface area contributed by atoms with Gasteiger partial charge in [-0.15, -0.1) is 0 Å². The molecule has 1 N–H and O–H groups in total. The van der Waals surface area contributed by atoms with E-state index in [1.54, 1.807) is 19.2 Å². The van der Waals surface area contributed by atoms with Gasteiger partial charge in [0.2, 0.25) is 10.0 Å². The van der Waals surface area contributed by atoms with Crippen LogP contribution in [0, 0.1) is 0 Å². The van der Waals surface area contributed by atoms with Crippen molar-refractivity contribution in [2.24, 2.45) is 0 Å². The highest BCUT2D eigenvalue weighted by atomic mass is 35.5. The molecule has 1 aromatic rings. The highest BCUT2D eigenvalue weighted by molar-refractivity contribution is 7.89. The Bertz CT molecular complexity index is 397. The molecule has 1 heterocycles. The van der Waals surface area contributed by atoms with Crippen molar-refractivity contribution in [3.63, 3.8) is 0 Å². The molecule has 0 aliphatic rings. The van der Waals surface area contributed by atoms with Crippen LogP contribution >= 0.6 is 11.6 Å². The van der Waals surface area contributed by atoms with Crippen LogP contribution in [0.5, 0.6) is 0 Å². The van der Waals surface area contributed by atoms with Crippen LogP contribution in [0.2, 0.25) is 5.15 Å². The highest BCUT2D eigenvalue weighted by Crippen LogP contribution is 2.16. The van der Waals surface area contributed by atoms with E-state index in [1.165, 1.54) is 0 Å². The van der Waals surface area contributed by atoms with Gasteiger partial charge in [-0.25, -0.2) is 12.4 Å². The van der Waals surface area contributed by atoms with Crippen molar-refractivity contribution in [2.75, 3.05) is 13.3 Å². The minimum atomic E-state index is -3.30. The molecule has 0 amide bonds. The van der Waals surface area contributed by atoms with Gasteiger partial charge in [-0.05, 0) is 19.2 Å². The van der Waals surface area contributed by atoms with Crippen LogP contribution in [0.25, 0.3) is 0 Å². The zero-order valence-corrected chi connectivity index (χ0v) is 8.98. The van der Waals surface area contributed by atoms with Gasteiger partial charge in [0.1, 0.15) is 5.15 Å². The Kier molecular flexibility index (Phi) is 3.00. The molecule has 0 unspecified atom stereocenters. The van der Waals surface area contributed by atoms with Crippen LogP contribution in [0.4, 0.5) is 0 Å². The zero-order chi connectivity index (χ0) is 10.1. The monoisotopic (exact) mass is 222 g/mol. The minimum Gasteiger partial charge on any atom is -0.314 e. The van der Waals surface area contributed by atoms with Crippen molar-refractivity contribution < 1.29 is 8.42 Å². The third-order valence-electron chi connectivity index (χ3n) is 1.56. The summed E-state index contributed by atoms with van der Waals surface area (Å²) in [5, 5.41) is 3.08. The molecule has 0 atom stereocenters. The average Bonchev–Trinajstić information content (AvgIpc) is 2.31. The van der Waals surface area contributed by atoms with Gasteiger partial charge in [-0.3, -0.25) is 0 Å². The van der Waals surface area contributed by atoms with Crippen LogP contribution in [-0.4, -0.2) is 25.7 Å². The molecule has 0 saturated carbocycles. The van der Waals surface area contributed by atoms with E-state index in [0.29, 0.717) is 12.2 Å². The predicted molar refractivity (Wildman–Crippen MR) is 52.4 cm³/mol. The summed E-state index contributed by atoms with van der Waals surface area (Å²) in [5.74, 6) is 0. The van der Waals surface area contributed by atoms with E-state index in [9.17, 15) is 8.42 Å². The van der Waals surface area contributed by atoms with Gasteiger partial charge in [0, 0.05) is 12.2 Å². The maximum atomic E-state index is 11.3. The van der Waals surface area contributed by atoms with Crippen LogP contribution < -0.4 is 5.32 Å². The summed E-state index contributed by atoms with van der Waals surface area (Å²) >= 11 is 5.72. The fourth-order valence-electron chi connectivity index (χ4n) is 1.12. The Morgan fingerprint density at radius 2 is 2.15 bits per heavy atom. The molecular formula is C7H11ClN2O2S. The molecule has 0 aromatic carbocycles. The first kappa shape index (κ1) is 10.6.